The third-order valence-electron chi connectivity index (χ3n) is 6.98. The summed E-state index contributed by atoms with van der Waals surface area (Å²) in [4.78, 5) is 14.7. The van der Waals surface area contributed by atoms with E-state index >= 15 is 0 Å². The van der Waals surface area contributed by atoms with Gasteiger partial charge in [-0.15, -0.1) is 0 Å². The topological polar surface area (TPSA) is 48.0 Å². The van der Waals surface area contributed by atoms with Crippen LogP contribution in [0.5, 0.6) is 0 Å². The van der Waals surface area contributed by atoms with Crippen LogP contribution in [0.1, 0.15) is 39.0 Å². The van der Waals surface area contributed by atoms with Crippen molar-refractivity contribution in [2.24, 2.45) is 23.2 Å². The molecule has 2 saturated heterocycles. The van der Waals surface area contributed by atoms with Gasteiger partial charge in [-0.2, -0.15) is 0 Å². The van der Waals surface area contributed by atoms with Gasteiger partial charge in [0.2, 0.25) is 0 Å². The van der Waals surface area contributed by atoms with E-state index in [9.17, 15) is 4.79 Å². The minimum atomic E-state index is -0.161. The Kier molecular flexibility index (Phi) is 4.67. The Bertz CT molecular complexity index is 544. The van der Waals surface area contributed by atoms with Crippen LogP contribution in [0.2, 0.25) is 0 Å². The van der Waals surface area contributed by atoms with Gasteiger partial charge in [-0.1, -0.05) is 19.1 Å². The summed E-state index contributed by atoms with van der Waals surface area (Å²) in [6.07, 6.45) is 5.60. The van der Waals surface area contributed by atoms with E-state index in [0.29, 0.717) is 31.6 Å². The van der Waals surface area contributed by atoms with Gasteiger partial charge in [0.25, 0.3) is 0 Å². The van der Waals surface area contributed by atoms with E-state index in [4.69, 9.17) is 14.2 Å². The standard InChI is InChI=1S/C20H31NO4/c1-13-5-4-6-20(2)10-17-14(9-16(13)20)15(19(22)25-17)11-21(3)12-18-23-7-8-24-18/h14-18H,1,4-12H2,2-3H3/t14-,15-,16+,17+,20-/m0/s1. The normalized spacial score (nSPS) is 41.7. The van der Waals surface area contributed by atoms with E-state index in [-0.39, 0.29) is 29.7 Å². The molecule has 4 aliphatic rings. The van der Waals surface area contributed by atoms with Gasteiger partial charge in [0, 0.05) is 19.0 Å². The number of hydrogen-bond acceptors (Lipinski definition) is 5. The van der Waals surface area contributed by atoms with Crippen LogP contribution in [0.3, 0.4) is 0 Å². The number of rotatable bonds is 4. The Hall–Kier alpha value is -0.910. The molecule has 0 amide bonds. The van der Waals surface area contributed by atoms with Crippen LogP contribution in [-0.4, -0.2) is 56.6 Å². The fourth-order valence-corrected chi connectivity index (χ4v) is 5.64. The van der Waals surface area contributed by atoms with E-state index in [1.165, 1.54) is 18.4 Å². The van der Waals surface area contributed by atoms with Gasteiger partial charge in [0.15, 0.2) is 6.29 Å². The molecule has 0 radical (unpaired) electrons. The molecule has 0 aromatic carbocycles. The lowest BCUT2D eigenvalue weighted by atomic mass is 9.55. The average molecular weight is 349 g/mol. The summed E-state index contributed by atoms with van der Waals surface area (Å²) in [6.45, 7) is 9.49. The zero-order valence-corrected chi connectivity index (χ0v) is 15.5. The van der Waals surface area contributed by atoms with Crippen molar-refractivity contribution in [2.45, 2.75) is 51.4 Å². The van der Waals surface area contributed by atoms with E-state index in [0.717, 1.165) is 25.8 Å². The van der Waals surface area contributed by atoms with Gasteiger partial charge in [0.1, 0.15) is 6.10 Å². The molecule has 2 aliphatic carbocycles. The summed E-state index contributed by atoms with van der Waals surface area (Å²) in [5.74, 6) is 0.832. The number of carbonyl (C=O) groups is 1. The van der Waals surface area contributed by atoms with Crippen molar-refractivity contribution in [2.75, 3.05) is 33.4 Å². The Morgan fingerprint density at radius 1 is 1.28 bits per heavy atom. The van der Waals surface area contributed by atoms with E-state index < -0.39 is 0 Å². The molecule has 0 unspecified atom stereocenters. The first kappa shape index (κ1) is 17.5. The predicted octanol–water partition coefficient (Wildman–Crippen LogP) is 2.61. The summed E-state index contributed by atoms with van der Waals surface area (Å²) in [5.41, 5.74) is 1.66. The Labute approximate surface area is 150 Å². The summed E-state index contributed by atoms with van der Waals surface area (Å²) >= 11 is 0. The number of allylic oxidation sites excluding steroid dienone is 1. The molecule has 0 aromatic rings. The van der Waals surface area contributed by atoms with E-state index in [2.05, 4.69) is 18.4 Å². The molecule has 4 rings (SSSR count). The zero-order valence-electron chi connectivity index (χ0n) is 15.5. The highest BCUT2D eigenvalue weighted by molar-refractivity contribution is 5.75. The van der Waals surface area contributed by atoms with Crippen molar-refractivity contribution in [3.05, 3.63) is 12.2 Å². The van der Waals surface area contributed by atoms with E-state index in [1.807, 2.05) is 7.05 Å². The maximum atomic E-state index is 12.6. The van der Waals surface area contributed by atoms with Gasteiger partial charge in [0.05, 0.1) is 19.1 Å². The smallest absolute Gasteiger partial charge is 0.310 e. The van der Waals surface area contributed by atoms with Gasteiger partial charge < -0.3 is 19.1 Å². The Morgan fingerprint density at radius 3 is 2.80 bits per heavy atom. The third-order valence-corrected chi connectivity index (χ3v) is 6.98. The number of esters is 1. The second-order valence-electron chi connectivity index (χ2n) is 8.80. The molecule has 140 valence electrons. The van der Waals surface area contributed by atoms with Crippen molar-refractivity contribution in [3.8, 4) is 0 Å². The maximum absolute atomic E-state index is 12.6. The van der Waals surface area contributed by atoms with Gasteiger partial charge in [-0.25, -0.2) is 0 Å². The van der Waals surface area contributed by atoms with Crippen molar-refractivity contribution in [1.82, 2.24) is 4.90 Å². The highest BCUT2D eigenvalue weighted by Crippen LogP contribution is 2.56. The molecule has 2 heterocycles. The third kappa shape index (κ3) is 3.26. The first-order valence-electron chi connectivity index (χ1n) is 9.76. The summed E-state index contributed by atoms with van der Waals surface area (Å²) < 4.78 is 16.9. The average Bonchev–Trinajstić information content (AvgIpc) is 3.14. The lowest BCUT2D eigenvalue weighted by molar-refractivity contribution is -0.146. The minimum Gasteiger partial charge on any atom is -0.462 e. The lowest BCUT2D eigenvalue weighted by Gasteiger charge is -2.50. The molecule has 5 atom stereocenters. The lowest BCUT2D eigenvalue weighted by Crippen LogP contribution is -2.45. The first-order valence-corrected chi connectivity index (χ1v) is 9.76. The number of carbonyl (C=O) groups excluding carboxylic acids is 1. The molecule has 0 bridgehead atoms. The molecule has 4 fully saturated rings. The minimum absolute atomic E-state index is 0.0111. The molecule has 2 saturated carbocycles. The zero-order chi connectivity index (χ0) is 17.6. The Morgan fingerprint density at radius 2 is 2.04 bits per heavy atom. The largest absolute Gasteiger partial charge is 0.462 e. The fourth-order valence-electron chi connectivity index (χ4n) is 5.64. The molecular weight excluding hydrogens is 318 g/mol. The van der Waals surface area contributed by atoms with Crippen molar-refractivity contribution >= 4 is 5.97 Å². The molecule has 25 heavy (non-hydrogen) atoms. The number of likely N-dealkylation sites (N-methyl/N-ethyl adjacent to an activating group) is 1. The fraction of sp³-hybridized carbons (Fsp3) is 0.850. The van der Waals surface area contributed by atoms with E-state index in [1.54, 1.807) is 0 Å². The van der Waals surface area contributed by atoms with Gasteiger partial charge in [-0.3, -0.25) is 4.79 Å². The molecule has 0 spiro atoms. The maximum Gasteiger partial charge on any atom is 0.310 e. The number of fused-ring (bicyclic) bond motifs is 2. The second kappa shape index (κ2) is 6.67. The SMILES string of the molecule is C=C1CCC[C@@]2(C)C[C@H]3OC(=O)[C@@H](CN(C)CC4OCCO4)[C@@H]3C[C@H]12. The van der Waals surface area contributed by atoms with Crippen LogP contribution < -0.4 is 0 Å². The summed E-state index contributed by atoms with van der Waals surface area (Å²) in [5, 5.41) is 0. The first-order chi connectivity index (χ1) is 12.0. The van der Waals surface area contributed by atoms with Crippen LogP contribution >= 0.6 is 0 Å². The van der Waals surface area contributed by atoms with Gasteiger partial charge in [-0.05, 0) is 50.5 Å². The van der Waals surface area contributed by atoms with Crippen molar-refractivity contribution in [3.63, 3.8) is 0 Å². The quantitative estimate of drug-likeness (QED) is 0.577. The number of nitrogens with zero attached hydrogens (tertiary/aromatic N) is 1. The molecule has 5 nitrogen and oxygen atoms in total. The molecule has 0 aromatic heterocycles. The highest BCUT2D eigenvalue weighted by Gasteiger charge is 2.55. The Balaban J connectivity index is 1.43. The molecule has 0 N–H and O–H groups in total. The van der Waals surface area contributed by atoms with Crippen LogP contribution in [0.15, 0.2) is 12.2 Å². The number of ether oxygens (including phenoxy) is 3. The van der Waals surface area contributed by atoms with Crippen LogP contribution in [0.25, 0.3) is 0 Å². The van der Waals surface area contributed by atoms with Crippen molar-refractivity contribution in [1.29, 1.82) is 0 Å². The van der Waals surface area contributed by atoms with Crippen LogP contribution in [0, 0.1) is 23.2 Å². The van der Waals surface area contributed by atoms with Crippen molar-refractivity contribution < 1.29 is 19.0 Å². The number of hydrogen-bond donors (Lipinski definition) is 0. The second-order valence-corrected chi connectivity index (χ2v) is 8.80. The predicted molar refractivity (Wildman–Crippen MR) is 93.9 cm³/mol. The van der Waals surface area contributed by atoms with Crippen LogP contribution in [0.4, 0.5) is 0 Å². The van der Waals surface area contributed by atoms with Crippen LogP contribution in [-0.2, 0) is 19.0 Å². The van der Waals surface area contributed by atoms with Gasteiger partial charge >= 0.3 is 5.97 Å². The molecule has 5 heteroatoms. The summed E-state index contributed by atoms with van der Waals surface area (Å²) in [7, 11) is 2.04. The highest BCUT2D eigenvalue weighted by atomic mass is 16.7. The molecule has 2 aliphatic heterocycles. The monoisotopic (exact) mass is 349 g/mol. The molecular formula is C20H31NO4. The summed E-state index contributed by atoms with van der Waals surface area (Å²) in [6, 6.07) is 0.